The van der Waals surface area contributed by atoms with Gasteiger partial charge in [-0.25, -0.2) is 14.0 Å². The van der Waals surface area contributed by atoms with Gasteiger partial charge in [0, 0.05) is 6.20 Å². The molecule has 0 amide bonds. The number of carbonyl (C=O) groups is 2. The van der Waals surface area contributed by atoms with E-state index in [9.17, 15) is 19.2 Å². The number of halogens is 3. The van der Waals surface area contributed by atoms with E-state index >= 15 is 0 Å². The molecule has 0 aromatic heterocycles. The first kappa shape index (κ1) is 19.5. The molecule has 0 saturated carbocycles. The molecule has 1 aromatic rings. The maximum Gasteiger partial charge on any atom is 0.355 e. The molecule has 1 aliphatic rings. The Hall–Kier alpha value is -2.82. The van der Waals surface area contributed by atoms with Crippen molar-refractivity contribution >= 4 is 40.8 Å². The van der Waals surface area contributed by atoms with Crippen molar-refractivity contribution in [1.29, 1.82) is 5.26 Å². The number of benzene rings is 1. The Labute approximate surface area is 158 Å². The highest BCUT2D eigenvalue weighted by molar-refractivity contribution is 6.37. The van der Waals surface area contributed by atoms with Crippen LogP contribution in [0.15, 0.2) is 41.8 Å². The van der Waals surface area contributed by atoms with E-state index in [-0.39, 0.29) is 27.0 Å². The third-order valence-electron chi connectivity index (χ3n) is 3.39. The number of ether oxygens (including phenoxy) is 2. The molecule has 1 aliphatic heterocycles. The van der Waals surface area contributed by atoms with Crippen molar-refractivity contribution in [2.75, 3.05) is 19.1 Å². The van der Waals surface area contributed by atoms with Crippen LogP contribution >= 0.6 is 23.2 Å². The summed E-state index contributed by atoms with van der Waals surface area (Å²) in [6.45, 7) is 0. The Kier molecular flexibility index (Phi) is 6.03. The van der Waals surface area contributed by atoms with Crippen molar-refractivity contribution in [3.05, 3.63) is 63.2 Å². The number of carbonyl (C=O) groups excluding carboxylic acids is 2. The third-order valence-corrected chi connectivity index (χ3v) is 3.95. The van der Waals surface area contributed by atoms with E-state index in [1.54, 1.807) is 6.07 Å². The lowest BCUT2D eigenvalue weighted by Gasteiger charge is -2.25. The van der Waals surface area contributed by atoms with E-state index in [1.807, 2.05) is 0 Å². The summed E-state index contributed by atoms with van der Waals surface area (Å²) in [4.78, 5) is 25.5. The van der Waals surface area contributed by atoms with Crippen molar-refractivity contribution in [3.63, 3.8) is 0 Å². The second kappa shape index (κ2) is 8.04. The molecule has 0 unspecified atom stereocenters. The lowest BCUT2D eigenvalue weighted by atomic mass is 10.1. The smallest absolute Gasteiger partial charge is 0.355 e. The standard InChI is InChI=1S/C17H11Cl2FN2O4/c1-25-16(23)9-5-3-4-6-22(15(9)17(24)26-2)14-10(8-21)13(20)11(18)7-12(14)19/h3-7H,1-2H3. The van der Waals surface area contributed by atoms with Gasteiger partial charge in [-0.15, -0.1) is 0 Å². The van der Waals surface area contributed by atoms with Gasteiger partial charge in [0.25, 0.3) is 0 Å². The lowest BCUT2D eigenvalue weighted by Crippen LogP contribution is -2.28. The highest BCUT2D eigenvalue weighted by Crippen LogP contribution is 2.39. The minimum absolute atomic E-state index is 0.106. The highest BCUT2D eigenvalue weighted by Gasteiger charge is 2.31. The minimum Gasteiger partial charge on any atom is -0.465 e. The summed E-state index contributed by atoms with van der Waals surface area (Å²) >= 11 is 11.9. The highest BCUT2D eigenvalue weighted by atomic mass is 35.5. The first-order valence-corrected chi connectivity index (χ1v) is 7.75. The van der Waals surface area contributed by atoms with Crippen molar-refractivity contribution in [2.24, 2.45) is 0 Å². The molecule has 0 N–H and O–H groups in total. The Morgan fingerprint density at radius 3 is 2.38 bits per heavy atom. The average Bonchev–Trinajstić information content (AvgIpc) is 2.85. The first-order chi connectivity index (χ1) is 12.4. The largest absolute Gasteiger partial charge is 0.465 e. The molecule has 0 spiro atoms. The van der Waals surface area contributed by atoms with Crippen LogP contribution in [-0.2, 0) is 19.1 Å². The van der Waals surface area contributed by atoms with Crippen molar-refractivity contribution in [3.8, 4) is 6.07 Å². The Morgan fingerprint density at radius 2 is 1.81 bits per heavy atom. The minimum atomic E-state index is -1.01. The molecular weight excluding hydrogens is 386 g/mol. The second-order valence-corrected chi connectivity index (χ2v) is 5.62. The third kappa shape index (κ3) is 3.43. The van der Waals surface area contributed by atoms with Gasteiger partial charge < -0.3 is 14.4 Å². The monoisotopic (exact) mass is 396 g/mol. The lowest BCUT2D eigenvalue weighted by molar-refractivity contribution is -0.139. The van der Waals surface area contributed by atoms with Crippen LogP contribution in [0.3, 0.4) is 0 Å². The van der Waals surface area contributed by atoms with Crippen LogP contribution in [0, 0.1) is 17.1 Å². The van der Waals surface area contributed by atoms with Crippen LogP contribution in [0.1, 0.15) is 5.56 Å². The molecule has 26 heavy (non-hydrogen) atoms. The van der Waals surface area contributed by atoms with E-state index in [1.165, 1.54) is 24.4 Å². The van der Waals surface area contributed by atoms with Crippen LogP contribution < -0.4 is 4.90 Å². The fourth-order valence-corrected chi connectivity index (χ4v) is 2.81. The van der Waals surface area contributed by atoms with Gasteiger partial charge in [-0.1, -0.05) is 29.3 Å². The zero-order chi connectivity index (χ0) is 19.4. The molecule has 0 fully saturated rings. The number of anilines is 1. The Balaban J connectivity index is 2.87. The molecule has 2 rings (SSSR count). The predicted molar refractivity (Wildman–Crippen MR) is 93.0 cm³/mol. The summed E-state index contributed by atoms with van der Waals surface area (Å²) in [5.41, 5.74) is -1.14. The zero-order valence-corrected chi connectivity index (χ0v) is 15.1. The molecule has 1 heterocycles. The normalized spacial score (nSPS) is 13.3. The molecular formula is C17H11Cl2FN2O4. The summed E-state index contributed by atoms with van der Waals surface area (Å²) in [6.07, 6.45) is 5.57. The first-order valence-electron chi connectivity index (χ1n) is 6.99. The number of esters is 2. The van der Waals surface area contributed by atoms with Gasteiger partial charge in [-0.3, -0.25) is 0 Å². The summed E-state index contributed by atoms with van der Waals surface area (Å²) in [6, 6.07) is 2.76. The number of hydrogen-bond donors (Lipinski definition) is 0. The van der Waals surface area contributed by atoms with E-state index in [0.717, 1.165) is 25.2 Å². The Bertz CT molecular complexity index is 916. The summed E-state index contributed by atoms with van der Waals surface area (Å²) in [5.74, 6) is -2.76. The van der Waals surface area contributed by atoms with E-state index < -0.39 is 23.3 Å². The van der Waals surface area contributed by atoms with Crippen LogP contribution in [-0.4, -0.2) is 26.2 Å². The number of hydrogen-bond acceptors (Lipinski definition) is 6. The summed E-state index contributed by atoms with van der Waals surface area (Å²) < 4.78 is 23.7. The van der Waals surface area contributed by atoms with Gasteiger partial charge in [0.2, 0.25) is 0 Å². The maximum absolute atomic E-state index is 14.3. The predicted octanol–water partition coefficient (Wildman–Crippen LogP) is 3.49. The zero-order valence-electron chi connectivity index (χ0n) is 13.5. The molecule has 0 bridgehead atoms. The van der Waals surface area contributed by atoms with Crippen LogP contribution in [0.25, 0.3) is 0 Å². The van der Waals surface area contributed by atoms with Crippen molar-refractivity contribution < 1.29 is 23.5 Å². The van der Waals surface area contributed by atoms with Gasteiger partial charge in [0.1, 0.15) is 17.3 Å². The van der Waals surface area contributed by atoms with E-state index in [4.69, 9.17) is 27.9 Å². The van der Waals surface area contributed by atoms with Crippen molar-refractivity contribution in [1.82, 2.24) is 0 Å². The number of rotatable bonds is 3. The molecule has 0 aliphatic carbocycles. The molecule has 0 atom stereocenters. The molecule has 1 aromatic carbocycles. The topological polar surface area (TPSA) is 79.6 Å². The average molecular weight is 397 g/mol. The van der Waals surface area contributed by atoms with E-state index in [0.29, 0.717) is 0 Å². The van der Waals surface area contributed by atoms with Crippen LogP contribution in [0.2, 0.25) is 10.0 Å². The van der Waals surface area contributed by atoms with Gasteiger partial charge in [-0.05, 0) is 18.2 Å². The fraction of sp³-hybridized carbons (Fsp3) is 0.118. The van der Waals surface area contributed by atoms with Crippen LogP contribution in [0.4, 0.5) is 10.1 Å². The van der Waals surface area contributed by atoms with Crippen LogP contribution in [0.5, 0.6) is 0 Å². The SMILES string of the molecule is COC(=O)C1=C(C(=O)OC)N(c2c(Cl)cc(Cl)c(F)c2C#N)C=CC=C1. The van der Waals surface area contributed by atoms with Gasteiger partial charge in [0.15, 0.2) is 5.82 Å². The van der Waals surface area contributed by atoms with E-state index in [2.05, 4.69) is 4.74 Å². The van der Waals surface area contributed by atoms with Gasteiger partial charge in [-0.2, -0.15) is 5.26 Å². The van der Waals surface area contributed by atoms with Gasteiger partial charge in [0.05, 0.1) is 35.5 Å². The second-order valence-electron chi connectivity index (χ2n) is 4.81. The molecule has 0 saturated heterocycles. The van der Waals surface area contributed by atoms with Gasteiger partial charge >= 0.3 is 11.9 Å². The molecule has 6 nitrogen and oxygen atoms in total. The number of nitrogens with zero attached hydrogens (tertiary/aromatic N) is 2. The quantitative estimate of drug-likeness (QED) is 0.574. The Morgan fingerprint density at radius 1 is 1.15 bits per heavy atom. The molecule has 9 heteroatoms. The maximum atomic E-state index is 14.3. The molecule has 134 valence electrons. The number of nitriles is 1. The number of methoxy groups -OCH3 is 2. The fourth-order valence-electron chi connectivity index (χ4n) is 2.26. The molecule has 0 radical (unpaired) electrons. The summed E-state index contributed by atoms with van der Waals surface area (Å²) in [5, 5.41) is 8.89. The summed E-state index contributed by atoms with van der Waals surface area (Å²) in [7, 11) is 2.24. The van der Waals surface area contributed by atoms with Crippen molar-refractivity contribution in [2.45, 2.75) is 0 Å². The number of allylic oxidation sites excluding steroid dienone is 2.